The Bertz CT molecular complexity index is 566. The van der Waals surface area contributed by atoms with Crippen LogP contribution in [-0.4, -0.2) is 17.6 Å². The highest BCUT2D eigenvalue weighted by atomic mass is 16.5. The second-order valence-electron chi connectivity index (χ2n) is 4.46. The highest BCUT2D eigenvalue weighted by Crippen LogP contribution is 2.28. The van der Waals surface area contributed by atoms with Crippen LogP contribution >= 0.6 is 0 Å². The first kappa shape index (κ1) is 11.0. The molecule has 1 aliphatic rings. The first-order valence-corrected chi connectivity index (χ1v) is 5.99. The number of fused-ring (bicyclic) bond motifs is 1. The van der Waals surface area contributed by atoms with Gasteiger partial charge < -0.3 is 4.74 Å². The number of hydrogen-bond acceptors (Lipinski definition) is 3. The molecule has 3 nitrogen and oxygen atoms in total. The largest absolute Gasteiger partial charge is 0.464 e. The molecule has 1 unspecified atom stereocenters. The van der Waals surface area contributed by atoms with Crippen LogP contribution in [0, 0.1) is 0 Å². The third-order valence-electron chi connectivity index (χ3n) is 3.31. The summed E-state index contributed by atoms with van der Waals surface area (Å²) in [6.07, 6.45) is 3.41. The van der Waals surface area contributed by atoms with E-state index in [9.17, 15) is 4.79 Å². The van der Waals surface area contributed by atoms with Crippen LogP contribution in [0.1, 0.15) is 11.1 Å². The van der Waals surface area contributed by atoms with Crippen LogP contribution in [0.15, 0.2) is 42.6 Å². The monoisotopic (exact) mass is 239 g/mol. The quantitative estimate of drug-likeness (QED) is 0.772. The summed E-state index contributed by atoms with van der Waals surface area (Å²) in [5.41, 5.74) is 4.60. The number of carbonyl (C=O) groups is 1. The fourth-order valence-corrected chi connectivity index (χ4v) is 2.45. The zero-order valence-corrected chi connectivity index (χ0v) is 9.87. The Labute approximate surface area is 105 Å². The van der Waals surface area contributed by atoms with Gasteiger partial charge in [-0.25, -0.2) is 0 Å². The Balaban J connectivity index is 1.90. The van der Waals surface area contributed by atoms with E-state index < -0.39 is 0 Å². The lowest BCUT2D eigenvalue weighted by Crippen LogP contribution is -2.10. The third kappa shape index (κ3) is 1.99. The fraction of sp³-hybridized carbons (Fsp3) is 0.200. The molecule has 0 radical (unpaired) electrons. The van der Waals surface area contributed by atoms with Crippen LogP contribution in [0.5, 0.6) is 0 Å². The van der Waals surface area contributed by atoms with Gasteiger partial charge in [0.1, 0.15) is 6.10 Å². The van der Waals surface area contributed by atoms with E-state index in [1.807, 2.05) is 18.2 Å². The average molecular weight is 239 g/mol. The molecule has 1 aromatic carbocycles. The Morgan fingerprint density at radius 3 is 2.83 bits per heavy atom. The lowest BCUT2D eigenvalue weighted by Gasteiger charge is -2.04. The van der Waals surface area contributed by atoms with Crippen LogP contribution in [0.25, 0.3) is 11.3 Å². The van der Waals surface area contributed by atoms with E-state index >= 15 is 0 Å². The van der Waals surface area contributed by atoms with Crippen molar-refractivity contribution in [3.63, 3.8) is 0 Å². The van der Waals surface area contributed by atoms with Gasteiger partial charge in [0, 0.05) is 24.6 Å². The average Bonchev–Trinajstić information content (AvgIpc) is 2.81. The van der Waals surface area contributed by atoms with E-state index in [1.165, 1.54) is 11.1 Å². The topological polar surface area (TPSA) is 39.2 Å². The van der Waals surface area contributed by atoms with Gasteiger partial charge in [0.2, 0.25) is 0 Å². The summed E-state index contributed by atoms with van der Waals surface area (Å²) in [6.45, 7) is 0.538. The van der Waals surface area contributed by atoms with E-state index in [4.69, 9.17) is 4.74 Å². The highest BCUT2D eigenvalue weighted by Gasteiger charge is 2.22. The Hall–Kier alpha value is -2.16. The van der Waals surface area contributed by atoms with Gasteiger partial charge in [-0.15, -0.1) is 0 Å². The van der Waals surface area contributed by atoms with E-state index in [2.05, 4.69) is 23.2 Å². The first-order valence-electron chi connectivity index (χ1n) is 5.99. The van der Waals surface area contributed by atoms with Gasteiger partial charge in [-0.2, -0.15) is 0 Å². The minimum Gasteiger partial charge on any atom is -0.464 e. The molecule has 0 N–H and O–H groups in total. The van der Waals surface area contributed by atoms with Crippen molar-refractivity contribution < 1.29 is 9.53 Å². The molecule has 1 atom stereocenters. The molecule has 0 aliphatic heterocycles. The SMILES string of the molecule is O=COC1Cc2ccc(-c3ccccn3)cc2C1. The number of benzene rings is 1. The zero-order chi connectivity index (χ0) is 12.4. The van der Waals surface area contributed by atoms with Gasteiger partial charge in [-0.05, 0) is 29.3 Å². The van der Waals surface area contributed by atoms with Crippen molar-refractivity contribution in [2.75, 3.05) is 0 Å². The number of hydrogen-bond donors (Lipinski definition) is 0. The molecule has 0 amide bonds. The van der Waals surface area contributed by atoms with Crippen molar-refractivity contribution in [3.05, 3.63) is 53.7 Å². The van der Waals surface area contributed by atoms with Crippen molar-refractivity contribution >= 4 is 6.47 Å². The van der Waals surface area contributed by atoms with Gasteiger partial charge in [-0.3, -0.25) is 9.78 Å². The third-order valence-corrected chi connectivity index (χ3v) is 3.31. The summed E-state index contributed by atoms with van der Waals surface area (Å²) in [5, 5.41) is 0. The maximum absolute atomic E-state index is 10.4. The Morgan fingerprint density at radius 2 is 2.06 bits per heavy atom. The van der Waals surface area contributed by atoms with E-state index in [-0.39, 0.29) is 6.10 Å². The van der Waals surface area contributed by atoms with Crippen molar-refractivity contribution in [1.82, 2.24) is 4.98 Å². The fourth-order valence-electron chi connectivity index (χ4n) is 2.45. The standard InChI is InChI=1S/C15H13NO2/c17-10-18-14-8-11-4-5-12(7-13(11)9-14)15-3-1-2-6-16-15/h1-7,10,14H,8-9H2. The number of carbonyl (C=O) groups excluding carboxylic acids is 1. The molecule has 0 saturated carbocycles. The molecule has 1 aromatic heterocycles. The molecule has 1 heterocycles. The molecule has 0 fully saturated rings. The van der Waals surface area contributed by atoms with Crippen LogP contribution in [-0.2, 0) is 22.4 Å². The molecule has 0 saturated heterocycles. The van der Waals surface area contributed by atoms with Crippen LogP contribution in [0.2, 0.25) is 0 Å². The molecule has 2 aromatic rings. The molecular weight excluding hydrogens is 226 g/mol. The highest BCUT2D eigenvalue weighted by molar-refractivity contribution is 5.61. The van der Waals surface area contributed by atoms with Gasteiger partial charge in [0.25, 0.3) is 6.47 Å². The van der Waals surface area contributed by atoms with Gasteiger partial charge in [-0.1, -0.05) is 18.2 Å². The van der Waals surface area contributed by atoms with Crippen LogP contribution in [0.3, 0.4) is 0 Å². The van der Waals surface area contributed by atoms with Gasteiger partial charge in [0.15, 0.2) is 0 Å². The van der Waals surface area contributed by atoms with Crippen molar-refractivity contribution in [2.24, 2.45) is 0 Å². The number of ether oxygens (including phenoxy) is 1. The maximum atomic E-state index is 10.4. The number of aromatic nitrogens is 1. The molecule has 18 heavy (non-hydrogen) atoms. The molecule has 0 bridgehead atoms. The summed E-state index contributed by atoms with van der Waals surface area (Å²) in [5.74, 6) is 0. The second kappa shape index (κ2) is 4.61. The Morgan fingerprint density at radius 1 is 1.17 bits per heavy atom. The zero-order valence-electron chi connectivity index (χ0n) is 9.87. The van der Waals surface area contributed by atoms with Crippen molar-refractivity contribution in [3.8, 4) is 11.3 Å². The molecule has 1 aliphatic carbocycles. The molecule has 3 heteroatoms. The van der Waals surface area contributed by atoms with Crippen LogP contribution < -0.4 is 0 Å². The first-order chi connectivity index (χ1) is 8.86. The molecule has 3 rings (SSSR count). The maximum Gasteiger partial charge on any atom is 0.293 e. The molecular formula is C15H13NO2. The number of nitrogens with zero attached hydrogens (tertiary/aromatic N) is 1. The minimum absolute atomic E-state index is 0.00326. The summed E-state index contributed by atoms with van der Waals surface area (Å²) in [6, 6.07) is 12.2. The second-order valence-corrected chi connectivity index (χ2v) is 4.46. The molecule has 0 spiro atoms. The van der Waals surface area contributed by atoms with Crippen molar-refractivity contribution in [1.29, 1.82) is 0 Å². The van der Waals surface area contributed by atoms with E-state index in [1.54, 1.807) is 6.20 Å². The normalized spacial score (nSPS) is 17.2. The summed E-state index contributed by atoms with van der Waals surface area (Å²) >= 11 is 0. The molecule has 90 valence electrons. The predicted molar refractivity (Wildman–Crippen MR) is 68.0 cm³/mol. The Kier molecular flexibility index (Phi) is 2.81. The summed E-state index contributed by atoms with van der Waals surface area (Å²) in [7, 11) is 0. The lowest BCUT2D eigenvalue weighted by molar-refractivity contribution is -0.133. The minimum atomic E-state index is -0.00326. The predicted octanol–water partition coefficient (Wildman–Crippen LogP) is 2.39. The van der Waals surface area contributed by atoms with Gasteiger partial charge >= 0.3 is 0 Å². The lowest BCUT2D eigenvalue weighted by atomic mass is 10.0. The van der Waals surface area contributed by atoms with E-state index in [0.29, 0.717) is 6.47 Å². The number of rotatable bonds is 3. The smallest absolute Gasteiger partial charge is 0.293 e. The summed E-state index contributed by atoms with van der Waals surface area (Å²) in [4.78, 5) is 14.7. The summed E-state index contributed by atoms with van der Waals surface area (Å²) < 4.78 is 5.03. The van der Waals surface area contributed by atoms with E-state index in [0.717, 1.165) is 24.1 Å². The number of pyridine rings is 1. The van der Waals surface area contributed by atoms with Crippen molar-refractivity contribution in [2.45, 2.75) is 18.9 Å². The van der Waals surface area contributed by atoms with Gasteiger partial charge in [0.05, 0.1) is 5.69 Å². The van der Waals surface area contributed by atoms with Crippen LogP contribution in [0.4, 0.5) is 0 Å².